The highest BCUT2D eigenvalue weighted by Crippen LogP contribution is 2.29. The minimum Gasteiger partial charge on any atom is -0.497 e. The van der Waals surface area contributed by atoms with E-state index in [0.29, 0.717) is 19.0 Å². The Kier molecular flexibility index (Phi) is 6.07. The molecule has 2 aliphatic heterocycles. The van der Waals surface area contributed by atoms with Crippen molar-refractivity contribution < 1.29 is 14.3 Å². The van der Waals surface area contributed by atoms with E-state index in [1.807, 2.05) is 29.2 Å². The van der Waals surface area contributed by atoms with E-state index in [9.17, 15) is 9.59 Å². The van der Waals surface area contributed by atoms with Crippen molar-refractivity contribution in [3.05, 3.63) is 24.3 Å². The predicted molar refractivity (Wildman–Crippen MR) is 94.4 cm³/mol. The Morgan fingerprint density at radius 2 is 2.00 bits per heavy atom. The summed E-state index contributed by atoms with van der Waals surface area (Å²) in [7, 11) is 1.61. The zero-order chi connectivity index (χ0) is 16.4. The van der Waals surface area contributed by atoms with E-state index in [-0.39, 0.29) is 36.6 Å². The molecule has 24 heavy (non-hydrogen) atoms. The van der Waals surface area contributed by atoms with Crippen molar-refractivity contribution in [3.8, 4) is 5.75 Å². The third-order valence-corrected chi connectivity index (χ3v) is 4.79. The van der Waals surface area contributed by atoms with Gasteiger partial charge in [-0.05, 0) is 43.1 Å². The quantitative estimate of drug-likeness (QED) is 0.884. The summed E-state index contributed by atoms with van der Waals surface area (Å²) in [5.74, 6) is 0.987. The SMILES string of the molecule is COc1ccc(N2CC(C(=O)N3CCC(CN)C3)CC2=O)cc1.Cl. The van der Waals surface area contributed by atoms with Crippen molar-refractivity contribution in [2.24, 2.45) is 17.6 Å². The number of carbonyl (C=O) groups is 2. The lowest BCUT2D eigenvalue weighted by Crippen LogP contribution is -2.36. The molecule has 0 spiro atoms. The number of methoxy groups -OCH3 is 1. The van der Waals surface area contributed by atoms with Crippen LogP contribution >= 0.6 is 12.4 Å². The molecular weight excluding hydrogens is 330 g/mol. The Bertz CT molecular complexity index is 593. The second kappa shape index (κ2) is 7.85. The fourth-order valence-corrected chi connectivity index (χ4v) is 3.37. The number of nitrogens with zero attached hydrogens (tertiary/aromatic N) is 2. The minimum absolute atomic E-state index is 0. The van der Waals surface area contributed by atoms with Crippen LogP contribution in [0.15, 0.2) is 24.3 Å². The number of carbonyl (C=O) groups excluding carboxylic acids is 2. The van der Waals surface area contributed by atoms with Gasteiger partial charge in [-0.3, -0.25) is 9.59 Å². The Labute approximate surface area is 148 Å². The first-order chi connectivity index (χ1) is 11.1. The fraction of sp³-hybridized carbons (Fsp3) is 0.529. The van der Waals surface area contributed by atoms with E-state index in [0.717, 1.165) is 30.9 Å². The van der Waals surface area contributed by atoms with E-state index in [4.69, 9.17) is 10.5 Å². The lowest BCUT2D eigenvalue weighted by molar-refractivity contribution is -0.134. The number of halogens is 1. The van der Waals surface area contributed by atoms with Crippen molar-refractivity contribution in [1.29, 1.82) is 0 Å². The Morgan fingerprint density at radius 3 is 2.58 bits per heavy atom. The molecule has 1 aromatic carbocycles. The average molecular weight is 354 g/mol. The van der Waals surface area contributed by atoms with Crippen LogP contribution in [0.1, 0.15) is 12.8 Å². The molecule has 2 heterocycles. The van der Waals surface area contributed by atoms with Crippen LogP contribution in [0.5, 0.6) is 5.75 Å². The molecule has 1 aromatic rings. The molecule has 3 rings (SSSR count). The number of hydrogen-bond acceptors (Lipinski definition) is 4. The highest BCUT2D eigenvalue weighted by Gasteiger charge is 2.38. The topological polar surface area (TPSA) is 75.9 Å². The Hall–Kier alpha value is -1.79. The van der Waals surface area contributed by atoms with E-state index in [1.54, 1.807) is 12.0 Å². The number of likely N-dealkylation sites (tertiary alicyclic amines) is 1. The maximum Gasteiger partial charge on any atom is 0.228 e. The first-order valence-corrected chi connectivity index (χ1v) is 8.05. The number of hydrogen-bond donors (Lipinski definition) is 1. The van der Waals surface area contributed by atoms with Gasteiger partial charge in [-0.15, -0.1) is 12.4 Å². The second-order valence-corrected chi connectivity index (χ2v) is 6.28. The number of nitrogens with two attached hydrogens (primary N) is 1. The number of ether oxygens (including phenoxy) is 1. The predicted octanol–water partition coefficient (Wildman–Crippen LogP) is 1.28. The monoisotopic (exact) mass is 353 g/mol. The Balaban J connectivity index is 0.00000208. The molecule has 6 nitrogen and oxygen atoms in total. The average Bonchev–Trinajstić information content (AvgIpc) is 3.21. The number of amides is 2. The van der Waals surface area contributed by atoms with Crippen LogP contribution in [-0.2, 0) is 9.59 Å². The van der Waals surface area contributed by atoms with Crippen molar-refractivity contribution in [1.82, 2.24) is 4.90 Å². The molecule has 7 heteroatoms. The van der Waals surface area contributed by atoms with Crippen LogP contribution in [-0.4, -0.2) is 50.0 Å². The van der Waals surface area contributed by atoms with Gasteiger partial charge >= 0.3 is 0 Å². The summed E-state index contributed by atoms with van der Waals surface area (Å²) in [5, 5.41) is 0. The molecular formula is C17H24ClN3O3. The first kappa shape index (κ1) is 18.5. The van der Waals surface area contributed by atoms with Gasteiger partial charge in [0.1, 0.15) is 5.75 Å². The lowest BCUT2D eigenvalue weighted by atomic mass is 10.1. The maximum atomic E-state index is 12.6. The normalized spacial score (nSPS) is 23.3. The molecule has 132 valence electrons. The van der Waals surface area contributed by atoms with Crippen molar-refractivity contribution in [3.63, 3.8) is 0 Å². The standard InChI is InChI=1S/C17H23N3O3.ClH/c1-23-15-4-2-14(3-5-15)20-11-13(8-16(20)21)17(22)19-7-6-12(9-18)10-19;/h2-5,12-13H,6-11,18H2,1H3;1H. The molecule has 2 fully saturated rings. The van der Waals surface area contributed by atoms with Gasteiger partial charge in [0.15, 0.2) is 0 Å². The van der Waals surface area contributed by atoms with Crippen LogP contribution < -0.4 is 15.4 Å². The summed E-state index contributed by atoms with van der Waals surface area (Å²) in [5.41, 5.74) is 6.50. The smallest absolute Gasteiger partial charge is 0.228 e. The van der Waals surface area contributed by atoms with Crippen LogP contribution in [0.3, 0.4) is 0 Å². The van der Waals surface area contributed by atoms with Crippen molar-refractivity contribution >= 4 is 29.9 Å². The van der Waals surface area contributed by atoms with Gasteiger partial charge in [0.25, 0.3) is 0 Å². The van der Waals surface area contributed by atoms with Crippen LogP contribution in [0.2, 0.25) is 0 Å². The zero-order valence-corrected chi connectivity index (χ0v) is 14.6. The molecule has 0 radical (unpaired) electrons. The third-order valence-electron chi connectivity index (χ3n) is 4.79. The highest BCUT2D eigenvalue weighted by molar-refractivity contribution is 6.00. The summed E-state index contributed by atoms with van der Waals surface area (Å²) in [6.45, 7) is 2.55. The molecule has 2 saturated heterocycles. The summed E-state index contributed by atoms with van der Waals surface area (Å²) in [6, 6.07) is 7.35. The molecule has 2 amide bonds. The molecule has 2 aliphatic rings. The zero-order valence-electron chi connectivity index (χ0n) is 13.8. The van der Waals surface area contributed by atoms with Gasteiger partial charge in [0.2, 0.25) is 11.8 Å². The van der Waals surface area contributed by atoms with Crippen LogP contribution in [0, 0.1) is 11.8 Å². The van der Waals surface area contributed by atoms with Crippen LogP contribution in [0.4, 0.5) is 5.69 Å². The van der Waals surface area contributed by atoms with Crippen molar-refractivity contribution in [2.45, 2.75) is 12.8 Å². The summed E-state index contributed by atoms with van der Waals surface area (Å²) in [4.78, 5) is 28.5. The molecule has 2 N–H and O–H groups in total. The van der Waals surface area contributed by atoms with Crippen LogP contribution in [0.25, 0.3) is 0 Å². The summed E-state index contributed by atoms with van der Waals surface area (Å²) in [6.07, 6.45) is 1.25. The van der Waals surface area contributed by atoms with E-state index in [1.165, 1.54) is 0 Å². The largest absolute Gasteiger partial charge is 0.497 e. The summed E-state index contributed by atoms with van der Waals surface area (Å²) < 4.78 is 5.13. The van der Waals surface area contributed by atoms with Gasteiger partial charge in [0, 0.05) is 31.7 Å². The lowest BCUT2D eigenvalue weighted by Gasteiger charge is -2.21. The number of benzene rings is 1. The molecule has 0 aliphatic carbocycles. The summed E-state index contributed by atoms with van der Waals surface area (Å²) >= 11 is 0. The Morgan fingerprint density at radius 1 is 1.29 bits per heavy atom. The van der Waals surface area contributed by atoms with E-state index < -0.39 is 0 Å². The fourth-order valence-electron chi connectivity index (χ4n) is 3.37. The van der Waals surface area contributed by atoms with Gasteiger partial charge in [-0.25, -0.2) is 0 Å². The molecule has 0 saturated carbocycles. The van der Waals surface area contributed by atoms with E-state index >= 15 is 0 Å². The molecule has 2 unspecified atom stereocenters. The van der Waals surface area contributed by atoms with Crippen molar-refractivity contribution in [2.75, 3.05) is 38.2 Å². The molecule has 0 aromatic heterocycles. The number of anilines is 1. The van der Waals surface area contributed by atoms with Gasteiger partial charge in [0.05, 0.1) is 13.0 Å². The minimum atomic E-state index is -0.249. The first-order valence-electron chi connectivity index (χ1n) is 8.05. The second-order valence-electron chi connectivity index (χ2n) is 6.28. The van der Waals surface area contributed by atoms with Gasteiger partial charge in [-0.2, -0.15) is 0 Å². The van der Waals surface area contributed by atoms with Gasteiger partial charge in [-0.1, -0.05) is 0 Å². The van der Waals surface area contributed by atoms with E-state index in [2.05, 4.69) is 0 Å². The number of rotatable bonds is 4. The maximum absolute atomic E-state index is 12.6. The third kappa shape index (κ3) is 3.65. The molecule has 2 atom stereocenters. The van der Waals surface area contributed by atoms with Gasteiger partial charge < -0.3 is 20.3 Å². The molecule has 0 bridgehead atoms. The highest BCUT2D eigenvalue weighted by atomic mass is 35.5.